The lowest BCUT2D eigenvalue weighted by Crippen LogP contribution is -2.46. The van der Waals surface area contributed by atoms with E-state index in [1.165, 1.54) is 24.8 Å². The highest BCUT2D eigenvalue weighted by Crippen LogP contribution is 2.45. The van der Waals surface area contributed by atoms with Gasteiger partial charge in [-0.2, -0.15) is 5.10 Å². The van der Waals surface area contributed by atoms with Crippen LogP contribution in [0.5, 0.6) is 0 Å². The molecule has 4 rings (SSSR count). The van der Waals surface area contributed by atoms with E-state index >= 15 is 0 Å². The van der Waals surface area contributed by atoms with Gasteiger partial charge in [0.05, 0.1) is 18.0 Å². The molecule has 1 aromatic carbocycles. The molecular formula is C19H24ClN3O. The van der Waals surface area contributed by atoms with Gasteiger partial charge in [0.25, 0.3) is 0 Å². The second-order valence-electron chi connectivity index (χ2n) is 7.36. The summed E-state index contributed by atoms with van der Waals surface area (Å²) in [6.07, 6.45) is 7.44. The fourth-order valence-electron chi connectivity index (χ4n) is 4.53. The Morgan fingerprint density at radius 3 is 2.79 bits per heavy atom. The quantitative estimate of drug-likeness (QED) is 0.888. The van der Waals surface area contributed by atoms with Crippen molar-refractivity contribution in [1.29, 1.82) is 0 Å². The van der Waals surface area contributed by atoms with Crippen molar-refractivity contribution in [2.24, 2.45) is 5.41 Å². The molecule has 2 aliphatic rings. The highest BCUT2D eigenvalue weighted by atomic mass is 35.5. The highest BCUT2D eigenvalue weighted by molar-refractivity contribution is 6.30. The van der Waals surface area contributed by atoms with Gasteiger partial charge in [-0.3, -0.25) is 10.00 Å². The molecular weight excluding hydrogens is 322 g/mol. The van der Waals surface area contributed by atoms with E-state index in [4.69, 9.17) is 11.6 Å². The first-order valence-corrected chi connectivity index (χ1v) is 9.23. The van der Waals surface area contributed by atoms with Crippen molar-refractivity contribution in [3.05, 3.63) is 41.0 Å². The summed E-state index contributed by atoms with van der Waals surface area (Å²) in [5.41, 5.74) is 3.52. The van der Waals surface area contributed by atoms with Crippen LogP contribution in [0.25, 0.3) is 11.3 Å². The van der Waals surface area contributed by atoms with Gasteiger partial charge in [-0.05, 0) is 49.9 Å². The summed E-state index contributed by atoms with van der Waals surface area (Å²) >= 11 is 5.99. The predicted molar refractivity (Wildman–Crippen MR) is 95.8 cm³/mol. The summed E-state index contributed by atoms with van der Waals surface area (Å²) in [7, 11) is 0. The molecule has 0 radical (unpaired) electrons. The van der Waals surface area contributed by atoms with Crippen molar-refractivity contribution in [2.45, 2.75) is 44.8 Å². The molecule has 2 fully saturated rings. The molecule has 0 amide bonds. The molecule has 1 aliphatic carbocycles. The largest absolute Gasteiger partial charge is 0.393 e. The van der Waals surface area contributed by atoms with Crippen LogP contribution in [-0.2, 0) is 6.54 Å². The number of H-pyrrole nitrogens is 1. The summed E-state index contributed by atoms with van der Waals surface area (Å²) in [5, 5.41) is 18.6. The minimum Gasteiger partial charge on any atom is -0.393 e. The summed E-state index contributed by atoms with van der Waals surface area (Å²) in [4.78, 5) is 2.49. The SMILES string of the molecule is O[C@@H]1CCC[C@@]12CCCN(Cc1cn[nH]c1-c1ccc(Cl)cc1)C2. The van der Waals surface area contributed by atoms with Gasteiger partial charge in [0.15, 0.2) is 0 Å². The maximum atomic E-state index is 10.4. The van der Waals surface area contributed by atoms with E-state index in [-0.39, 0.29) is 11.5 Å². The average molecular weight is 346 g/mol. The molecule has 4 nitrogen and oxygen atoms in total. The van der Waals surface area contributed by atoms with E-state index < -0.39 is 0 Å². The number of aliphatic hydroxyl groups excluding tert-OH is 1. The molecule has 1 aliphatic heterocycles. The number of piperidine rings is 1. The van der Waals surface area contributed by atoms with Gasteiger partial charge in [-0.25, -0.2) is 0 Å². The lowest BCUT2D eigenvalue weighted by molar-refractivity contribution is -0.0119. The number of hydrogen-bond acceptors (Lipinski definition) is 3. The Labute approximate surface area is 147 Å². The molecule has 128 valence electrons. The third-order valence-electron chi connectivity index (χ3n) is 5.79. The van der Waals surface area contributed by atoms with E-state index in [0.717, 1.165) is 48.8 Å². The Balaban J connectivity index is 1.52. The zero-order valence-corrected chi connectivity index (χ0v) is 14.6. The monoisotopic (exact) mass is 345 g/mol. The molecule has 2 aromatic rings. The fraction of sp³-hybridized carbons (Fsp3) is 0.526. The van der Waals surface area contributed by atoms with Crippen molar-refractivity contribution in [1.82, 2.24) is 15.1 Å². The van der Waals surface area contributed by atoms with Gasteiger partial charge >= 0.3 is 0 Å². The summed E-state index contributed by atoms with van der Waals surface area (Å²) in [5.74, 6) is 0. The molecule has 1 saturated heterocycles. The highest BCUT2D eigenvalue weighted by Gasteiger charge is 2.44. The maximum absolute atomic E-state index is 10.4. The number of aromatic nitrogens is 2. The first-order valence-electron chi connectivity index (χ1n) is 8.85. The topological polar surface area (TPSA) is 52.1 Å². The zero-order chi connectivity index (χ0) is 16.6. The van der Waals surface area contributed by atoms with Crippen LogP contribution in [-0.4, -0.2) is 39.4 Å². The van der Waals surface area contributed by atoms with E-state index in [9.17, 15) is 5.11 Å². The number of nitrogens with one attached hydrogen (secondary N) is 1. The maximum Gasteiger partial charge on any atom is 0.0695 e. The van der Waals surface area contributed by atoms with Crippen LogP contribution in [0.2, 0.25) is 5.02 Å². The van der Waals surface area contributed by atoms with Gasteiger partial charge < -0.3 is 5.11 Å². The van der Waals surface area contributed by atoms with Crippen LogP contribution < -0.4 is 0 Å². The van der Waals surface area contributed by atoms with Crippen LogP contribution >= 0.6 is 11.6 Å². The third-order valence-corrected chi connectivity index (χ3v) is 6.04. The Bertz CT molecular complexity index is 699. The van der Waals surface area contributed by atoms with Gasteiger partial charge in [-0.15, -0.1) is 0 Å². The second kappa shape index (κ2) is 6.51. The van der Waals surface area contributed by atoms with E-state index in [0.29, 0.717) is 0 Å². The zero-order valence-electron chi connectivity index (χ0n) is 13.8. The van der Waals surface area contributed by atoms with Gasteiger partial charge in [0.2, 0.25) is 0 Å². The van der Waals surface area contributed by atoms with E-state index in [2.05, 4.69) is 15.1 Å². The van der Waals surface area contributed by atoms with Crippen LogP contribution in [0.4, 0.5) is 0 Å². The molecule has 5 heteroatoms. The number of halogens is 1. The van der Waals surface area contributed by atoms with E-state index in [1.54, 1.807) is 0 Å². The van der Waals surface area contributed by atoms with Crippen molar-refractivity contribution in [2.75, 3.05) is 13.1 Å². The van der Waals surface area contributed by atoms with Crippen LogP contribution in [0, 0.1) is 5.41 Å². The minimum absolute atomic E-state index is 0.125. The number of hydrogen-bond donors (Lipinski definition) is 2. The number of likely N-dealkylation sites (tertiary alicyclic amines) is 1. The number of rotatable bonds is 3. The number of benzene rings is 1. The van der Waals surface area contributed by atoms with Gasteiger partial charge in [0, 0.05) is 29.1 Å². The average Bonchev–Trinajstić information content (AvgIpc) is 3.17. The fourth-order valence-corrected chi connectivity index (χ4v) is 4.65. The molecule has 1 aromatic heterocycles. The Morgan fingerprint density at radius 2 is 2.04 bits per heavy atom. The smallest absolute Gasteiger partial charge is 0.0695 e. The molecule has 2 heterocycles. The summed E-state index contributed by atoms with van der Waals surface area (Å²) < 4.78 is 0. The number of nitrogens with zero attached hydrogens (tertiary/aromatic N) is 2. The molecule has 1 spiro atoms. The van der Waals surface area contributed by atoms with Crippen molar-refractivity contribution < 1.29 is 5.11 Å². The normalized spacial score (nSPS) is 27.8. The Kier molecular flexibility index (Phi) is 4.37. The number of aliphatic hydroxyl groups is 1. The van der Waals surface area contributed by atoms with Crippen LogP contribution in [0.15, 0.2) is 30.5 Å². The molecule has 2 N–H and O–H groups in total. The Hall–Kier alpha value is -1.36. The molecule has 0 unspecified atom stereocenters. The van der Waals surface area contributed by atoms with Gasteiger partial charge in [0.1, 0.15) is 0 Å². The summed E-state index contributed by atoms with van der Waals surface area (Å²) in [6, 6.07) is 7.87. The first-order chi connectivity index (χ1) is 11.7. The van der Waals surface area contributed by atoms with Crippen LogP contribution in [0.3, 0.4) is 0 Å². The standard InChI is InChI=1S/C19H24ClN3O/c20-16-6-4-14(5-7-16)18-15(11-21-22-18)12-23-10-2-9-19(13-23)8-1-3-17(19)24/h4-7,11,17,24H,1-3,8-10,12-13H2,(H,21,22)/t17-,19+/m1/s1. The first kappa shape index (κ1) is 16.1. The minimum atomic E-state index is -0.125. The predicted octanol–water partition coefficient (Wildman–Crippen LogP) is 3.86. The number of aromatic amines is 1. The molecule has 1 saturated carbocycles. The van der Waals surface area contributed by atoms with E-state index in [1.807, 2.05) is 30.5 Å². The summed E-state index contributed by atoms with van der Waals surface area (Å²) in [6.45, 7) is 2.97. The van der Waals surface area contributed by atoms with Crippen molar-refractivity contribution in [3.63, 3.8) is 0 Å². The second-order valence-corrected chi connectivity index (χ2v) is 7.80. The molecule has 2 atom stereocenters. The third kappa shape index (κ3) is 2.99. The Morgan fingerprint density at radius 1 is 1.25 bits per heavy atom. The van der Waals surface area contributed by atoms with Crippen LogP contribution in [0.1, 0.15) is 37.7 Å². The molecule has 24 heavy (non-hydrogen) atoms. The molecule has 0 bridgehead atoms. The lowest BCUT2D eigenvalue weighted by Gasteiger charge is -2.42. The van der Waals surface area contributed by atoms with Crippen molar-refractivity contribution >= 4 is 11.6 Å². The van der Waals surface area contributed by atoms with Gasteiger partial charge in [-0.1, -0.05) is 30.2 Å². The lowest BCUT2D eigenvalue weighted by atomic mass is 9.76. The van der Waals surface area contributed by atoms with Crippen molar-refractivity contribution in [3.8, 4) is 11.3 Å².